The van der Waals surface area contributed by atoms with E-state index in [-0.39, 0.29) is 61.7 Å². The average molecular weight is 744 g/mol. The van der Waals surface area contributed by atoms with Crippen molar-refractivity contribution in [2.45, 2.75) is 142 Å². The van der Waals surface area contributed by atoms with Crippen molar-refractivity contribution in [3.8, 4) is 0 Å². The summed E-state index contributed by atoms with van der Waals surface area (Å²) in [5.41, 5.74) is 0. The Balaban J connectivity index is -0.000000767. The van der Waals surface area contributed by atoms with Crippen LogP contribution in [0.2, 0.25) is 0 Å². The van der Waals surface area contributed by atoms with Gasteiger partial charge in [0, 0.05) is 11.9 Å². The molecule has 0 amide bonds. The predicted octanol–water partition coefficient (Wildman–Crippen LogP) is 9.38. The maximum atomic E-state index is 10.2. The number of carboxylic acids is 2. The number of carboxylic acid groups (broad SMARTS) is 2. The molecule has 0 bridgehead atoms. The Labute approximate surface area is 317 Å². The van der Waals surface area contributed by atoms with Crippen LogP contribution in [0.5, 0.6) is 0 Å². The molecule has 0 aromatic heterocycles. The summed E-state index contributed by atoms with van der Waals surface area (Å²) in [6.45, 7) is 4.46. The summed E-state index contributed by atoms with van der Waals surface area (Å²) in [6, 6.07) is 0. The second-order valence-corrected chi connectivity index (χ2v) is 10.7. The molecule has 0 spiro atoms. The number of carbonyl (C=O) groups is 2. The molecule has 0 heterocycles. The van der Waals surface area contributed by atoms with Crippen LogP contribution < -0.4 is 10.2 Å². The summed E-state index contributed by atoms with van der Waals surface area (Å²) in [5, 5.41) is 20.4. The van der Waals surface area contributed by atoms with Crippen molar-refractivity contribution in [2.75, 3.05) is 0 Å². The molecule has 45 heavy (non-hydrogen) atoms. The maximum absolute atomic E-state index is 10.2. The fourth-order valence-corrected chi connectivity index (χ4v) is 3.85. The summed E-state index contributed by atoms with van der Waals surface area (Å²) in [4.78, 5) is 20.4. The molecule has 0 saturated heterocycles. The van der Waals surface area contributed by atoms with Crippen LogP contribution in [0.15, 0.2) is 97.2 Å². The Kier molecular flexibility index (Phi) is 47.4. The normalized spacial score (nSPS) is 12.1. The first-order valence-electron chi connectivity index (χ1n) is 17.1. The van der Waals surface area contributed by atoms with Crippen LogP contribution in [0.25, 0.3) is 0 Å². The quantitative estimate of drug-likeness (QED) is 0.0455. The van der Waals surface area contributed by atoms with Crippen LogP contribution in [-0.4, -0.2) is 60.8 Å². The van der Waals surface area contributed by atoms with E-state index in [1.807, 2.05) is 12.2 Å². The molecule has 0 aromatic rings. The van der Waals surface area contributed by atoms with E-state index in [2.05, 4.69) is 98.9 Å². The van der Waals surface area contributed by atoms with Gasteiger partial charge in [-0.3, -0.25) is 0 Å². The number of carbonyl (C=O) groups excluding carboxylic acids is 2. The molecule has 0 atom stereocenters. The second kappa shape index (κ2) is 44.6. The van der Waals surface area contributed by atoms with Gasteiger partial charge in [-0.2, -0.15) is 0 Å². The third kappa shape index (κ3) is 52.3. The molecule has 248 valence electrons. The number of allylic oxidation sites excluding steroid dienone is 16. The summed E-state index contributed by atoms with van der Waals surface area (Å²) in [6.07, 6.45) is 54.0. The SMILES string of the molecule is CCCCC/C=C\C/C=C\C/C=C\C/C=C\CCCC(=O)[O-].CCCCC/C=C\C/C=C\C/C=C\C/C=C\CCCC(=O)[O-].[Ba+2]. The summed E-state index contributed by atoms with van der Waals surface area (Å²) in [7, 11) is 0. The zero-order valence-electron chi connectivity index (χ0n) is 28.7. The van der Waals surface area contributed by atoms with Crippen LogP contribution in [0.4, 0.5) is 0 Å². The van der Waals surface area contributed by atoms with Crippen LogP contribution >= 0.6 is 0 Å². The van der Waals surface area contributed by atoms with Gasteiger partial charge in [-0.1, -0.05) is 137 Å². The smallest absolute Gasteiger partial charge is 0.550 e. The van der Waals surface area contributed by atoms with Crippen LogP contribution in [0.1, 0.15) is 142 Å². The van der Waals surface area contributed by atoms with E-state index in [1.165, 1.54) is 51.4 Å². The van der Waals surface area contributed by atoms with Gasteiger partial charge in [0.25, 0.3) is 0 Å². The van der Waals surface area contributed by atoms with Gasteiger partial charge in [0.2, 0.25) is 0 Å². The van der Waals surface area contributed by atoms with Gasteiger partial charge in [-0.15, -0.1) is 0 Å². The van der Waals surface area contributed by atoms with E-state index in [1.54, 1.807) is 0 Å². The molecule has 0 aromatic carbocycles. The topological polar surface area (TPSA) is 80.3 Å². The number of hydrogen-bond acceptors (Lipinski definition) is 4. The molecular formula is C40H62BaO4. The largest absolute Gasteiger partial charge is 2.00 e. The van der Waals surface area contributed by atoms with E-state index < -0.39 is 11.9 Å². The third-order valence-corrected chi connectivity index (χ3v) is 6.42. The minimum Gasteiger partial charge on any atom is -0.550 e. The molecule has 0 N–H and O–H groups in total. The first kappa shape index (κ1) is 47.8. The minimum absolute atomic E-state index is 0. The first-order chi connectivity index (χ1) is 21.5. The molecule has 0 rings (SSSR count). The van der Waals surface area contributed by atoms with Gasteiger partial charge in [-0.25, -0.2) is 0 Å². The zero-order chi connectivity index (χ0) is 32.6. The Bertz CT molecular complexity index is 803. The van der Waals surface area contributed by atoms with Crippen LogP contribution in [-0.2, 0) is 9.59 Å². The van der Waals surface area contributed by atoms with E-state index in [4.69, 9.17) is 0 Å². The standard InChI is InChI=1S/2C20H32O2.Ba/c2*1-2-3-4-5-6-7-8-9-10-11-12-13-14-15-16-17-18-19-20(21)22;/h2*6-7,9-10,12-13,15-16H,2-5,8,11,14,17-19H2,1H3,(H,21,22);/q;;+2/p-2/b2*7-6-,10-9-,13-12-,16-15-;. The van der Waals surface area contributed by atoms with Gasteiger partial charge in [0.15, 0.2) is 0 Å². The molecule has 0 aliphatic rings. The van der Waals surface area contributed by atoms with Crippen molar-refractivity contribution in [1.82, 2.24) is 0 Å². The number of rotatable bonds is 28. The van der Waals surface area contributed by atoms with E-state index in [0.717, 1.165) is 51.4 Å². The molecule has 5 heteroatoms. The van der Waals surface area contributed by atoms with E-state index in [0.29, 0.717) is 12.8 Å². The number of hydrogen-bond donors (Lipinski definition) is 0. The molecule has 0 aliphatic carbocycles. The van der Waals surface area contributed by atoms with E-state index in [9.17, 15) is 19.8 Å². The fourth-order valence-electron chi connectivity index (χ4n) is 3.85. The van der Waals surface area contributed by atoms with Crippen molar-refractivity contribution in [1.29, 1.82) is 0 Å². The van der Waals surface area contributed by atoms with Crippen molar-refractivity contribution in [3.05, 3.63) is 97.2 Å². The molecule has 0 aliphatic heterocycles. The van der Waals surface area contributed by atoms with Gasteiger partial charge in [-0.05, 0) is 103 Å². The van der Waals surface area contributed by atoms with Crippen molar-refractivity contribution < 1.29 is 19.8 Å². The zero-order valence-corrected chi connectivity index (χ0v) is 33.2. The molecule has 0 unspecified atom stereocenters. The van der Waals surface area contributed by atoms with Gasteiger partial charge in [0.05, 0.1) is 0 Å². The Morgan fingerprint density at radius 1 is 0.378 bits per heavy atom. The number of unbranched alkanes of at least 4 members (excludes halogenated alkanes) is 8. The van der Waals surface area contributed by atoms with Gasteiger partial charge < -0.3 is 19.8 Å². The summed E-state index contributed by atoms with van der Waals surface area (Å²) < 4.78 is 0. The minimum atomic E-state index is -0.962. The third-order valence-electron chi connectivity index (χ3n) is 6.42. The van der Waals surface area contributed by atoms with Crippen LogP contribution in [0, 0.1) is 0 Å². The molecule has 0 radical (unpaired) electrons. The molecule has 0 saturated carbocycles. The Morgan fingerprint density at radius 2 is 0.600 bits per heavy atom. The number of aliphatic carboxylic acids is 2. The average Bonchev–Trinajstić information content (AvgIpc) is 3.00. The van der Waals surface area contributed by atoms with E-state index >= 15 is 0 Å². The summed E-state index contributed by atoms with van der Waals surface area (Å²) >= 11 is 0. The van der Waals surface area contributed by atoms with Gasteiger partial charge >= 0.3 is 48.9 Å². The monoisotopic (exact) mass is 744 g/mol. The molecular weight excluding hydrogens is 682 g/mol. The van der Waals surface area contributed by atoms with Gasteiger partial charge in [0.1, 0.15) is 0 Å². The second-order valence-electron chi connectivity index (χ2n) is 10.7. The predicted molar refractivity (Wildman–Crippen MR) is 193 cm³/mol. The maximum Gasteiger partial charge on any atom is 2.00 e. The first-order valence-corrected chi connectivity index (χ1v) is 17.1. The molecule has 0 fully saturated rings. The fraction of sp³-hybridized carbons (Fsp3) is 0.550. The Hall–Kier alpha value is -1.57. The molecule has 4 nitrogen and oxygen atoms in total. The van der Waals surface area contributed by atoms with Crippen molar-refractivity contribution >= 4 is 60.8 Å². The van der Waals surface area contributed by atoms with Crippen molar-refractivity contribution in [3.63, 3.8) is 0 Å². The van der Waals surface area contributed by atoms with Crippen LogP contribution in [0.3, 0.4) is 0 Å². The summed E-state index contributed by atoms with van der Waals surface area (Å²) in [5.74, 6) is -1.92. The Morgan fingerprint density at radius 3 is 0.822 bits per heavy atom. The van der Waals surface area contributed by atoms with Crippen molar-refractivity contribution in [2.24, 2.45) is 0 Å².